The topological polar surface area (TPSA) is 195 Å². The number of nitrogens with zero attached hydrogens (tertiary/aromatic N) is 6. The Morgan fingerprint density at radius 3 is 2.48 bits per heavy atom. The fraction of sp³-hybridized carbons (Fsp3) is 0.317. The van der Waals surface area contributed by atoms with Crippen molar-refractivity contribution in [1.82, 2.24) is 34.9 Å². The van der Waals surface area contributed by atoms with E-state index in [-0.39, 0.29) is 35.9 Å². The van der Waals surface area contributed by atoms with E-state index in [2.05, 4.69) is 20.6 Å². The van der Waals surface area contributed by atoms with E-state index in [1.54, 1.807) is 18.2 Å². The summed E-state index contributed by atoms with van der Waals surface area (Å²) in [6.45, 7) is 1.81. The highest BCUT2D eigenvalue weighted by molar-refractivity contribution is 6.23. The van der Waals surface area contributed by atoms with Crippen LogP contribution in [0.15, 0.2) is 79.1 Å². The first-order chi connectivity index (χ1) is 27.2. The second-order valence-electron chi connectivity index (χ2n) is 14.3. The number of unbranched alkanes of at least 4 members (excludes halogenated alkanes) is 2. The number of aromatic nitrogens is 4. The number of hydrogen-bond acceptors (Lipinski definition) is 11. The number of ether oxygens (including phenoxy) is 1. The van der Waals surface area contributed by atoms with E-state index in [0.717, 1.165) is 48.3 Å². The van der Waals surface area contributed by atoms with Crippen LogP contribution in [0.2, 0.25) is 0 Å². The number of amides is 5. The van der Waals surface area contributed by atoms with Gasteiger partial charge in [-0.05, 0) is 86.7 Å². The molecule has 5 heterocycles. The summed E-state index contributed by atoms with van der Waals surface area (Å²) in [5, 5.41) is 11.2. The molecule has 0 aliphatic carbocycles. The van der Waals surface area contributed by atoms with Gasteiger partial charge in [0.15, 0.2) is 5.65 Å². The standard InChI is InChI=1S/C41H41N9O6/c42-37-35-36(25-12-15-29(16-13-25)56-28-9-3-1-4-10-28)47-50(38(35)45-24-44-37)27-8-7-21-48(23-27)34(52)11-5-2-6-20-43-26-14-17-30-31(22-26)41(55)49(40(30)54)32-18-19-33(51)46-39(32)53/h1,3-4,9-10,12-17,22,24,27,32,43H,2,5-8,11,18-21,23H2,(H2,42,44,45)(H,46,51,53). The maximum atomic E-state index is 13.4. The zero-order valence-electron chi connectivity index (χ0n) is 30.6. The molecule has 3 aromatic carbocycles. The van der Waals surface area contributed by atoms with Crippen molar-refractivity contribution < 1.29 is 28.7 Å². The van der Waals surface area contributed by atoms with Crippen LogP contribution in [0.4, 0.5) is 11.5 Å². The summed E-state index contributed by atoms with van der Waals surface area (Å²) in [6.07, 6.45) is 6.07. The minimum Gasteiger partial charge on any atom is -0.457 e. The number of nitrogen functional groups attached to an aromatic ring is 1. The largest absolute Gasteiger partial charge is 0.457 e. The molecular formula is C41H41N9O6. The lowest BCUT2D eigenvalue weighted by Crippen LogP contribution is -2.54. The van der Waals surface area contributed by atoms with Gasteiger partial charge in [0.05, 0.1) is 22.6 Å². The number of imide groups is 2. The van der Waals surface area contributed by atoms with E-state index in [4.69, 9.17) is 15.6 Å². The molecule has 56 heavy (non-hydrogen) atoms. The molecule has 0 radical (unpaired) electrons. The van der Waals surface area contributed by atoms with Crippen LogP contribution in [0.1, 0.15) is 78.1 Å². The second-order valence-corrected chi connectivity index (χ2v) is 14.3. The van der Waals surface area contributed by atoms with E-state index < -0.39 is 29.7 Å². The number of anilines is 2. The maximum absolute atomic E-state index is 13.4. The molecule has 4 N–H and O–H groups in total. The first-order valence-corrected chi connectivity index (χ1v) is 18.9. The van der Waals surface area contributed by atoms with Crippen molar-refractivity contribution >= 4 is 52.1 Å². The van der Waals surface area contributed by atoms with Crippen molar-refractivity contribution in [1.29, 1.82) is 0 Å². The maximum Gasteiger partial charge on any atom is 0.262 e. The van der Waals surface area contributed by atoms with E-state index in [9.17, 15) is 24.0 Å². The molecule has 0 saturated carbocycles. The van der Waals surface area contributed by atoms with Gasteiger partial charge >= 0.3 is 0 Å². The molecule has 3 aliphatic heterocycles. The van der Waals surface area contributed by atoms with E-state index in [1.807, 2.05) is 64.2 Å². The number of likely N-dealkylation sites (tertiary alicyclic amines) is 1. The SMILES string of the molecule is Nc1ncnc2c1c(-c1ccc(Oc3ccccc3)cc1)nn2C1CCCN(C(=O)CCCCCNc2ccc3c(c2)C(=O)N(C2CCC(=O)NC2=O)C3=O)C1. The van der Waals surface area contributed by atoms with Gasteiger partial charge < -0.3 is 20.7 Å². The zero-order chi connectivity index (χ0) is 38.8. The highest BCUT2D eigenvalue weighted by Gasteiger charge is 2.44. The van der Waals surface area contributed by atoms with Gasteiger partial charge in [-0.15, -0.1) is 0 Å². The summed E-state index contributed by atoms with van der Waals surface area (Å²) in [7, 11) is 0. The lowest BCUT2D eigenvalue weighted by Gasteiger charge is -2.33. The Morgan fingerprint density at radius 2 is 1.68 bits per heavy atom. The minimum atomic E-state index is -1.00. The van der Waals surface area contributed by atoms with E-state index in [1.165, 1.54) is 6.33 Å². The van der Waals surface area contributed by atoms with Crippen LogP contribution >= 0.6 is 0 Å². The van der Waals surface area contributed by atoms with Crippen LogP contribution in [0, 0.1) is 0 Å². The van der Waals surface area contributed by atoms with Gasteiger partial charge in [0, 0.05) is 43.7 Å². The molecule has 2 fully saturated rings. The number of benzene rings is 3. The van der Waals surface area contributed by atoms with E-state index in [0.29, 0.717) is 60.0 Å². The Bertz CT molecular complexity index is 2330. The highest BCUT2D eigenvalue weighted by Crippen LogP contribution is 2.35. The predicted molar refractivity (Wildman–Crippen MR) is 207 cm³/mol. The minimum absolute atomic E-state index is 0.0689. The molecule has 2 unspecified atom stereocenters. The van der Waals surface area contributed by atoms with Crippen LogP contribution in [-0.2, 0) is 14.4 Å². The normalized spacial score (nSPS) is 18.3. The lowest BCUT2D eigenvalue weighted by molar-refractivity contribution is -0.136. The molecular weight excluding hydrogens is 715 g/mol. The van der Waals surface area contributed by atoms with E-state index >= 15 is 0 Å². The van der Waals surface area contributed by atoms with Gasteiger partial charge in [-0.3, -0.25) is 34.2 Å². The fourth-order valence-corrected chi connectivity index (χ4v) is 7.69. The molecule has 5 amide bonds. The number of nitrogens with two attached hydrogens (primary N) is 1. The van der Waals surface area contributed by atoms with Crippen molar-refractivity contribution in [2.24, 2.45) is 0 Å². The fourth-order valence-electron chi connectivity index (χ4n) is 7.69. The number of para-hydroxylation sites is 1. The summed E-state index contributed by atoms with van der Waals surface area (Å²) in [6, 6.07) is 21.1. The molecule has 286 valence electrons. The number of piperidine rings is 2. The Hall–Kier alpha value is -6.64. The van der Waals surface area contributed by atoms with Crippen molar-refractivity contribution in [2.75, 3.05) is 30.7 Å². The van der Waals surface area contributed by atoms with Crippen molar-refractivity contribution in [3.8, 4) is 22.8 Å². The van der Waals surface area contributed by atoms with Crippen LogP contribution in [0.25, 0.3) is 22.3 Å². The molecule has 15 nitrogen and oxygen atoms in total. The molecule has 2 atom stereocenters. The summed E-state index contributed by atoms with van der Waals surface area (Å²) in [4.78, 5) is 75.1. The summed E-state index contributed by atoms with van der Waals surface area (Å²) < 4.78 is 7.87. The third-order valence-corrected chi connectivity index (χ3v) is 10.6. The van der Waals surface area contributed by atoms with Gasteiger partial charge in [0.2, 0.25) is 17.7 Å². The van der Waals surface area contributed by atoms with Crippen LogP contribution in [-0.4, -0.2) is 84.8 Å². The average Bonchev–Trinajstić information content (AvgIpc) is 3.72. The van der Waals surface area contributed by atoms with Crippen LogP contribution in [0.3, 0.4) is 0 Å². The second kappa shape index (κ2) is 15.6. The average molecular weight is 756 g/mol. The Morgan fingerprint density at radius 1 is 0.893 bits per heavy atom. The van der Waals surface area contributed by atoms with Gasteiger partial charge in [0.25, 0.3) is 11.8 Å². The van der Waals surface area contributed by atoms with Gasteiger partial charge in [-0.1, -0.05) is 24.6 Å². The molecule has 8 rings (SSSR count). The first kappa shape index (κ1) is 36.3. The zero-order valence-corrected chi connectivity index (χ0v) is 30.6. The smallest absolute Gasteiger partial charge is 0.262 e. The molecule has 0 spiro atoms. The van der Waals surface area contributed by atoms with Gasteiger partial charge in [0.1, 0.15) is 35.4 Å². The molecule has 3 aliphatic rings. The number of fused-ring (bicyclic) bond motifs is 2. The summed E-state index contributed by atoms with van der Waals surface area (Å²) >= 11 is 0. The Balaban J connectivity index is 0.837. The van der Waals surface area contributed by atoms with Gasteiger partial charge in [-0.2, -0.15) is 5.10 Å². The Labute approximate surface area is 322 Å². The summed E-state index contributed by atoms with van der Waals surface area (Å²) in [5.41, 5.74) is 9.70. The first-order valence-electron chi connectivity index (χ1n) is 18.9. The number of carbonyl (C=O) groups excluding carboxylic acids is 5. The molecule has 0 bridgehead atoms. The lowest BCUT2D eigenvalue weighted by atomic mass is 10.0. The molecule has 2 saturated heterocycles. The van der Waals surface area contributed by atoms with Crippen molar-refractivity contribution in [3.63, 3.8) is 0 Å². The van der Waals surface area contributed by atoms with Crippen LogP contribution < -0.4 is 21.1 Å². The quantitative estimate of drug-likeness (QED) is 0.113. The molecule has 2 aromatic heterocycles. The summed E-state index contributed by atoms with van der Waals surface area (Å²) in [5.74, 6) is -0.237. The van der Waals surface area contributed by atoms with Crippen LogP contribution in [0.5, 0.6) is 11.5 Å². The molecule has 5 aromatic rings. The number of hydrogen-bond donors (Lipinski definition) is 3. The highest BCUT2D eigenvalue weighted by atomic mass is 16.5. The van der Waals surface area contributed by atoms with Gasteiger partial charge in [-0.25, -0.2) is 14.6 Å². The molecule has 15 heteroatoms. The third-order valence-electron chi connectivity index (χ3n) is 10.6. The third kappa shape index (κ3) is 7.27. The number of rotatable bonds is 12. The predicted octanol–water partition coefficient (Wildman–Crippen LogP) is 5.11. The Kier molecular flexibility index (Phi) is 10.1. The monoisotopic (exact) mass is 755 g/mol. The number of nitrogens with one attached hydrogen (secondary N) is 2. The van der Waals surface area contributed by atoms with Crippen molar-refractivity contribution in [2.45, 2.75) is 63.5 Å². The number of carbonyl (C=O) groups is 5. The van der Waals surface area contributed by atoms with Crippen molar-refractivity contribution in [3.05, 3.63) is 90.3 Å².